The Morgan fingerprint density at radius 1 is 1.26 bits per heavy atom. The highest BCUT2D eigenvalue weighted by atomic mass is 19.3. The SMILES string of the molecule is FC(F)C(F)(F)Oc1ccccc1-c1nc(C2CCOC2)no1. The average Bonchev–Trinajstić information content (AvgIpc) is 3.18. The third-order valence-electron chi connectivity index (χ3n) is 3.35. The van der Waals surface area contributed by atoms with Gasteiger partial charge in [-0.3, -0.25) is 0 Å². The number of nitrogens with zero attached hydrogens (tertiary/aromatic N) is 2. The molecule has 5 nitrogen and oxygen atoms in total. The highest BCUT2D eigenvalue weighted by Gasteiger charge is 2.44. The van der Waals surface area contributed by atoms with Crippen LogP contribution in [-0.4, -0.2) is 35.9 Å². The van der Waals surface area contributed by atoms with Crippen LogP contribution in [0.2, 0.25) is 0 Å². The summed E-state index contributed by atoms with van der Waals surface area (Å²) in [6.45, 7) is 1.02. The van der Waals surface area contributed by atoms with Gasteiger partial charge in [0.1, 0.15) is 5.75 Å². The standard InChI is InChI=1S/C14H12F4N2O3/c15-13(16)14(17,18)22-10-4-2-1-3-9(10)12-19-11(20-23-12)8-5-6-21-7-8/h1-4,8,13H,5-7H2. The van der Waals surface area contributed by atoms with Crippen molar-refractivity contribution in [2.24, 2.45) is 0 Å². The largest absolute Gasteiger partial charge is 0.461 e. The Morgan fingerprint density at radius 3 is 2.74 bits per heavy atom. The van der Waals surface area contributed by atoms with Gasteiger partial charge in [0.25, 0.3) is 5.89 Å². The molecule has 3 rings (SSSR count). The van der Waals surface area contributed by atoms with E-state index in [0.717, 1.165) is 12.5 Å². The molecule has 0 radical (unpaired) electrons. The second-order valence-corrected chi connectivity index (χ2v) is 4.98. The lowest BCUT2D eigenvalue weighted by atomic mass is 10.1. The van der Waals surface area contributed by atoms with E-state index in [-0.39, 0.29) is 17.4 Å². The second kappa shape index (κ2) is 6.15. The molecule has 124 valence electrons. The molecule has 1 aromatic heterocycles. The molecule has 1 fully saturated rings. The van der Waals surface area contributed by atoms with Crippen LogP contribution in [0.1, 0.15) is 18.2 Å². The van der Waals surface area contributed by atoms with Crippen molar-refractivity contribution in [2.75, 3.05) is 13.2 Å². The maximum Gasteiger partial charge on any atom is 0.461 e. The van der Waals surface area contributed by atoms with Gasteiger partial charge in [-0.25, -0.2) is 0 Å². The van der Waals surface area contributed by atoms with Gasteiger partial charge in [0.15, 0.2) is 5.82 Å². The van der Waals surface area contributed by atoms with Crippen LogP contribution in [-0.2, 0) is 4.74 Å². The fraction of sp³-hybridized carbons (Fsp3) is 0.429. The number of halogens is 4. The fourth-order valence-electron chi connectivity index (χ4n) is 2.17. The maximum atomic E-state index is 13.1. The molecule has 0 amide bonds. The van der Waals surface area contributed by atoms with E-state index in [9.17, 15) is 17.6 Å². The molecular weight excluding hydrogens is 320 g/mol. The molecule has 1 aromatic carbocycles. The quantitative estimate of drug-likeness (QED) is 0.785. The van der Waals surface area contributed by atoms with Gasteiger partial charge >= 0.3 is 12.5 Å². The lowest BCUT2D eigenvalue weighted by Gasteiger charge is -2.17. The number of benzene rings is 1. The topological polar surface area (TPSA) is 57.4 Å². The molecule has 0 saturated carbocycles. The number of hydrogen-bond acceptors (Lipinski definition) is 5. The monoisotopic (exact) mass is 332 g/mol. The zero-order chi connectivity index (χ0) is 16.4. The van der Waals surface area contributed by atoms with Crippen LogP contribution in [0.3, 0.4) is 0 Å². The van der Waals surface area contributed by atoms with Gasteiger partial charge in [0, 0.05) is 12.5 Å². The van der Waals surface area contributed by atoms with Gasteiger partial charge in [0.05, 0.1) is 12.2 Å². The van der Waals surface area contributed by atoms with Crippen molar-refractivity contribution in [3.63, 3.8) is 0 Å². The summed E-state index contributed by atoms with van der Waals surface area (Å²) in [5.41, 5.74) is 0.0190. The number of alkyl halides is 4. The van der Waals surface area contributed by atoms with Crippen LogP contribution in [0.5, 0.6) is 5.75 Å². The molecule has 9 heteroatoms. The first-order valence-electron chi connectivity index (χ1n) is 6.83. The summed E-state index contributed by atoms with van der Waals surface area (Å²) in [4.78, 5) is 4.13. The molecule has 0 bridgehead atoms. The van der Waals surface area contributed by atoms with E-state index in [2.05, 4.69) is 14.9 Å². The Balaban J connectivity index is 1.88. The van der Waals surface area contributed by atoms with Gasteiger partial charge in [-0.15, -0.1) is 0 Å². The normalized spacial score (nSPS) is 18.6. The molecule has 2 aromatic rings. The van der Waals surface area contributed by atoms with E-state index in [1.165, 1.54) is 18.2 Å². The van der Waals surface area contributed by atoms with Crippen LogP contribution < -0.4 is 4.74 Å². The minimum Gasteiger partial charge on any atom is -0.427 e. The molecule has 1 atom stereocenters. The summed E-state index contributed by atoms with van der Waals surface area (Å²) in [5.74, 6) is -0.195. The maximum absolute atomic E-state index is 13.1. The lowest BCUT2D eigenvalue weighted by Crippen LogP contribution is -2.33. The van der Waals surface area contributed by atoms with E-state index in [1.54, 1.807) is 0 Å². The Morgan fingerprint density at radius 2 is 2.04 bits per heavy atom. The van der Waals surface area contributed by atoms with Gasteiger partial charge in [-0.2, -0.15) is 22.5 Å². The van der Waals surface area contributed by atoms with E-state index in [1.807, 2.05) is 0 Å². The van der Waals surface area contributed by atoms with E-state index >= 15 is 0 Å². The molecule has 1 saturated heterocycles. The molecule has 1 aliphatic heterocycles. The van der Waals surface area contributed by atoms with Crippen molar-refractivity contribution in [1.29, 1.82) is 0 Å². The van der Waals surface area contributed by atoms with E-state index in [4.69, 9.17) is 9.26 Å². The Kier molecular flexibility index (Phi) is 4.20. The van der Waals surface area contributed by atoms with Crippen molar-refractivity contribution < 1.29 is 31.6 Å². The third kappa shape index (κ3) is 3.29. The molecule has 23 heavy (non-hydrogen) atoms. The molecule has 0 spiro atoms. The third-order valence-corrected chi connectivity index (χ3v) is 3.35. The van der Waals surface area contributed by atoms with E-state index < -0.39 is 18.3 Å². The summed E-state index contributed by atoms with van der Waals surface area (Å²) >= 11 is 0. The molecule has 1 unspecified atom stereocenters. The van der Waals surface area contributed by atoms with Gasteiger partial charge < -0.3 is 14.0 Å². The van der Waals surface area contributed by atoms with Gasteiger partial charge in [0.2, 0.25) is 0 Å². The molecule has 0 aliphatic carbocycles. The Bertz CT molecular complexity index is 672. The number of aromatic nitrogens is 2. The van der Waals surface area contributed by atoms with Gasteiger partial charge in [-0.1, -0.05) is 17.3 Å². The molecule has 2 heterocycles. The van der Waals surface area contributed by atoms with E-state index in [0.29, 0.717) is 19.0 Å². The Hall–Kier alpha value is -2.16. The van der Waals surface area contributed by atoms with Crippen molar-refractivity contribution in [3.8, 4) is 17.2 Å². The van der Waals surface area contributed by atoms with Crippen molar-refractivity contribution in [2.45, 2.75) is 24.9 Å². The van der Waals surface area contributed by atoms with Crippen molar-refractivity contribution >= 4 is 0 Å². The van der Waals surface area contributed by atoms with Crippen molar-refractivity contribution in [3.05, 3.63) is 30.1 Å². The predicted octanol–water partition coefficient (Wildman–Crippen LogP) is 3.48. The average molecular weight is 332 g/mol. The minimum atomic E-state index is -4.61. The van der Waals surface area contributed by atoms with Crippen LogP contribution in [0, 0.1) is 0 Å². The van der Waals surface area contributed by atoms with Gasteiger partial charge in [-0.05, 0) is 18.6 Å². The summed E-state index contributed by atoms with van der Waals surface area (Å²) in [7, 11) is 0. The highest BCUT2D eigenvalue weighted by molar-refractivity contribution is 5.62. The molecular formula is C14H12F4N2O3. The zero-order valence-corrected chi connectivity index (χ0v) is 11.7. The Labute approximate surface area is 128 Å². The van der Waals surface area contributed by atoms with Crippen LogP contribution >= 0.6 is 0 Å². The first-order valence-corrected chi connectivity index (χ1v) is 6.83. The van der Waals surface area contributed by atoms with Crippen molar-refractivity contribution in [1.82, 2.24) is 10.1 Å². The zero-order valence-electron chi connectivity index (χ0n) is 11.7. The number of rotatable bonds is 5. The smallest absolute Gasteiger partial charge is 0.427 e. The summed E-state index contributed by atoms with van der Waals surface area (Å²) in [6, 6.07) is 5.40. The van der Waals surface area contributed by atoms with Crippen LogP contribution in [0.25, 0.3) is 11.5 Å². The second-order valence-electron chi connectivity index (χ2n) is 4.98. The number of ether oxygens (including phenoxy) is 2. The number of hydrogen-bond donors (Lipinski definition) is 0. The minimum absolute atomic E-state index is 0.0190. The molecule has 1 aliphatic rings. The fourth-order valence-corrected chi connectivity index (χ4v) is 2.17. The predicted molar refractivity (Wildman–Crippen MR) is 69.5 cm³/mol. The summed E-state index contributed by atoms with van der Waals surface area (Å²) < 4.78 is 65.3. The highest BCUT2D eigenvalue weighted by Crippen LogP contribution is 2.35. The first-order chi connectivity index (χ1) is 11.0. The number of para-hydroxylation sites is 1. The first kappa shape index (κ1) is 15.7. The summed E-state index contributed by atoms with van der Waals surface area (Å²) in [6.07, 6.45) is -7.84. The van der Waals surface area contributed by atoms with Crippen LogP contribution in [0.15, 0.2) is 28.8 Å². The molecule has 0 N–H and O–H groups in total. The van der Waals surface area contributed by atoms with Crippen LogP contribution in [0.4, 0.5) is 17.6 Å². The lowest BCUT2D eigenvalue weighted by molar-refractivity contribution is -0.253. The summed E-state index contributed by atoms with van der Waals surface area (Å²) in [5, 5.41) is 3.79.